The Kier molecular flexibility index (Phi) is 3.97. The predicted molar refractivity (Wildman–Crippen MR) is 73.4 cm³/mol. The molecule has 5 N–H and O–H groups in total. The summed E-state index contributed by atoms with van der Waals surface area (Å²) < 4.78 is 4.94. The lowest BCUT2D eigenvalue weighted by Crippen LogP contribution is -2.36. The number of carboxylic acid groups (broad SMARTS) is 1. The molecule has 0 aliphatic rings. The van der Waals surface area contributed by atoms with Crippen molar-refractivity contribution in [1.29, 1.82) is 0 Å². The third-order valence-corrected chi connectivity index (χ3v) is 2.77. The number of rotatable bonds is 4. The normalized spacial score (nSPS) is 10.8. The predicted octanol–water partition coefficient (Wildman–Crippen LogP) is 0.938. The van der Waals surface area contributed by atoms with E-state index in [1.807, 2.05) is 0 Å². The van der Waals surface area contributed by atoms with E-state index < -0.39 is 18.1 Å². The van der Waals surface area contributed by atoms with Crippen LogP contribution < -0.4 is 11.5 Å². The third-order valence-electron chi connectivity index (χ3n) is 2.77. The van der Waals surface area contributed by atoms with Crippen molar-refractivity contribution >= 4 is 22.7 Å². The lowest BCUT2D eigenvalue weighted by Gasteiger charge is -2.11. The summed E-state index contributed by atoms with van der Waals surface area (Å²) in [7, 11) is 0. The molecule has 0 aliphatic carbocycles. The Morgan fingerprint density at radius 2 is 1.85 bits per heavy atom. The molecular formula is C14H14N2O4. The fourth-order valence-corrected chi connectivity index (χ4v) is 1.91. The van der Waals surface area contributed by atoms with Crippen LogP contribution >= 0.6 is 0 Å². The molecule has 20 heavy (non-hydrogen) atoms. The Labute approximate surface area is 114 Å². The van der Waals surface area contributed by atoms with Crippen LogP contribution in [0.1, 0.15) is 20.7 Å². The van der Waals surface area contributed by atoms with Crippen molar-refractivity contribution in [1.82, 2.24) is 0 Å². The van der Waals surface area contributed by atoms with Crippen LogP contribution in [0.25, 0.3) is 10.8 Å². The molecule has 0 unspecified atom stereocenters. The maximum Gasteiger partial charge on any atom is 0.339 e. The van der Waals surface area contributed by atoms with Crippen molar-refractivity contribution in [2.75, 3.05) is 6.61 Å². The number of carboxylic acids is 1. The molecule has 6 nitrogen and oxygen atoms in total. The minimum atomic E-state index is -1.19. The van der Waals surface area contributed by atoms with Gasteiger partial charge in [0.2, 0.25) is 0 Å². The second kappa shape index (κ2) is 5.68. The maximum absolute atomic E-state index is 12.1. The van der Waals surface area contributed by atoms with E-state index in [1.165, 1.54) is 6.07 Å². The van der Waals surface area contributed by atoms with Gasteiger partial charge in [0.25, 0.3) is 0 Å². The summed E-state index contributed by atoms with van der Waals surface area (Å²) in [5.74, 6) is -1.94. The molecule has 0 amide bonds. The molecule has 0 atom stereocenters. The zero-order valence-corrected chi connectivity index (χ0v) is 10.6. The highest BCUT2D eigenvalue weighted by Crippen LogP contribution is 2.23. The van der Waals surface area contributed by atoms with E-state index in [1.54, 1.807) is 30.3 Å². The van der Waals surface area contributed by atoms with Gasteiger partial charge in [-0.05, 0) is 16.8 Å². The van der Waals surface area contributed by atoms with Gasteiger partial charge in [0, 0.05) is 0 Å². The SMILES string of the molecule is NC(N)COC(=O)c1c(C(=O)O)ccc2ccccc12. The largest absolute Gasteiger partial charge is 0.478 e. The molecule has 0 bridgehead atoms. The van der Waals surface area contributed by atoms with Gasteiger partial charge in [-0.25, -0.2) is 9.59 Å². The Bertz CT molecular complexity index is 667. The van der Waals surface area contributed by atoms with Gasteiger partial charge in [-0.3, -0.25) is 0 Å². The summed E-state index contributed by atoms with van der Waals surface area (Å²) in [6.45, 7) is -0.179. The second-order valence-corrected chi connectivity index (χ2v) is 4.28. The quantitative estimate of drug-likeness (QED) is 0.564. The first-order valence-electron chi connectivity index (χ1n) is 5.94. The van der Waals surface area contributed by atoms with Gasteiger partial charge in [0.05, 0.1) is 17.3 Å². The monoisotopic (exact) mass is 274 g/mol. The van der Waals surface area contributed by atoms with Crippen LogP contribution in [0, 0.1) is 0 Å². The zero-order valence-electron chi connectivity index (χ0n) is 10.6. The molecule has 0 heterocycles. The van der Waals surface area contributed by atoms with Crippen LogP contribution in [0.2, 0.25) is 0 Å². The van der Waals surface area contributed by atoms with Gasteiger partial charge in [-0.15, -0.1) is 0 Å². The van der Waals surface area contributed by atoms with Gasteiger partial charge in [0.1, 0.15) is 6.61 Å². The van der Waals surface area contributed by atoms with Crippen molar-refractivity contribution in [3.05, 3.63) is 47.5 Å². The molecule has 6 heteroatoms. The number of aromatic carboxylic acids is 1. The standard InChI is InChI=1S/C14H14N2O4/c15-11(16)7-20-14(19)12-9-4-2-1-3-8(9)5-6-10(12)13(17)18/h1-6,11H,7,15-16H2,(H,17,18). The van der Waals surface area contributed by atoms with Crippen molar-refractivity contribution in [3.63, 3.8) is 0 Å². The van der Waals surface area contributed by atoms with E-state index in [0.717, 1.165) is 5.39 Å². The smallest absolute Gasteiger partial charge is 0.339 e. The van der Waals surface area contributed by atoms with Crippen LogP contribution in [0.15, 0.2) is 36.4 Å². The average Bonchev–Trinajstić information content (AvgIpc) is 2.43. The van der Waals surface area contributed by atoms with E-state index in [4.69, 9.17) is 16.2 Å². The second-order valence-electron chi connectivity index (χ2n) is 4.28. The highest BCUT2D eigenvalue weighted by atomic mass is 16.5. The van der Waals surface area contributed by atoms with E-state index in [2.05, 4.69) is 0 Å². The number of ether oxygens (including phenoxy) is 1. The van der Waals surface area contributed by atoms with Crippen LogP contribution in [-0.2, 0) is 4.74 Å². The Hall–Kier alpha value is -2.44. The molecule has 0 spiro atoms. The number of esters is 1. The maximum atomic E-state index is 12.1. The molecule has 2 aromatic rings. The van der Waals surface area contributed by atoms with E-state index >= 15 is 0 Å². The van der Waals surface area contributed by atoms with E-state index in [-0.39, 0.29) is 17.7 Å². The molecule has 0 aliphatic heterocycles. The molecule has 0 aromatic heterocycles. The Morgan fingerprint density at radius 1 is 1.15 bits per heavy atom. The fraction of sp³-hybridized carbons (Fsp3) is 0.143. The number of fused-ring (bicyclic) bond motifs is 1. The van der Waals surface area contributed by atoms with E-state index in [9.17, 15) is 14.7 Å². The van der Waals surface area contributed by atoms with Gasteiger partial charge >= 0.3 is 11.9 Å². The Balaban J connectivity index is 2.55. The van der Waals surface area contributed by atoms with Crippen LogP contribution in [0.5, 0.6) is 0 Å². The fourth-order valence-electron chi connectivity index (χ4n) is 1.91. The zero-order chi connectivity index (χ0) is 14.7. The van der Waals surface area contributed by atoms with Gasteiger partial charge in [0.15, 0.2) is 0 Å². The van der Waals surface area contributed by atoms with Gasteiger partial charge in [-0.1, -0.05) is 30.3 Å². The third kappa shape index (κ3) is 2.76. The molecule has 0 fully saturated rings. The minimum absolute atomic E-state index is 0.0104. The molecule has 0 radical (unpaired) electrons. The molecule has 0 saturated heterocycles. The highest BCUT2D eigenvalue weighted by molar-refractivity contribution is 6.12. The molecule has 2 rings (SSSR count). The summed E-state index contributed by atoms with van der Waals surface area (Å²) >= 11 is 0. The number of carbonyl (C=O) groups excluding carboxylic acids is 1. The van der Waals surface area contributed by atoms with Crippen molar-refractivity contribution in [2.45, 2.75) is 6.17 Å². The lowest BCUT2D eigenvalue weighted by atomic mass is 9.99. The summed E-state index contributed by atoms with van der Waals surface area (Å²) in [6.07, 6.45) is -0.804. The van der Waals surface area contributed by atoms with E-state index in [0.29, 0.717) is 5.39 Å². The van der Waals surface area contributed by atoms with Crippen molar-refractivity contribution in [3.8, 4) is 0 Å². The minimum Gasteiger partial charge on any atom is -0.478 e. The number of benzene rings is 2. The highest BCUT2D eigenvalue weighted by Gasteiger charge is 2.21. The average molecular weight is 274 g/mol. The molecule has 2 aromatic carbocycles. The van der Waals surface area contributed by atoms with Gasteiger partial charge < -0.3 is 21.3 Å². The summed E-state index contributed by atoms with van der Waals surface area (Å²) in [5, 5.41) is 10.5. The lowest BCUT2D eigenvalue weighted by molar-refractivity contribution is 0.0476. The van der Waals surface area contributed by atoms with Crippen LogP contribution in [-0.4, -0.2) is 29.8 Å². The number of hydrogen-bond acceptors (Lipinski definition) is 5. The summed E-state index contributed by atoms with van der Waals surface area (Å²) in [6, 6.07) is 9.99. The first-order valence-corrected chi connectivity index (χ1v) is 5.94. The van der Waals surface area contributed by atoms with Crippen LogP contribution in [0.3, 0.4) is 0 Å². The first kappa shape index (κ1) is 14.0. The number of nitrogens with two attached hydrogens (primary N) is 2. The Morgan fingerprint density at radius 3 is 2.50 bits per heavy atom. The topological polar surface area (TPSA) is 116 Å². The number of hydrogen-bond donors (Lipinski definition) is 3. The number of carbonyl (C=O) groups is 2. The first-order chi connectivity index (χ1) is 9.50. The van der Waals surface area contributed by atoms with Gasteiger partial charge in [-0.2, -0.15) is 0 Å². The summed E-state index contributed by atoms with van der Waals surface area (Å²) in [4.78, 5) is 23.3. The van der Waals surface area contributed by atoms with Crippen molar-refractivity contribution in [2.24, 2.45) is 11.5 Å². The molecular weight excluding hydrogens is 260 g/mol. The molecule has 0 saturated carbocycles. The summed E-state index contributed by atoms with van der Waals surface area (Å²) in [5.41, 5.74) is 10.5. The molecule has 104 valence electrons. The van der Waals surface area contributed by atoms with Crippen LogP contribution in [0.4, 0.5) is 0 Å². The van der Waals surface area contributed by atoms with Crippen molar-refractivity contribution < 1.29 is 19.4 Å².